The largest absolute Gasteiger partial charge is 0.343 e. The van der Waals surface area contributed by atoms with Gasteiger partial charge in [0, 0.05) is 43.2 Å². The van der Waals surface area contributed by atoms with Crippen molar-refractivity contribution in [2.24, 2.45) is 11.8 Å². The van der Waals surface area contributed by atoms with E-state index in [1.807, 2.05) is 34.1 Å². The van der Waals surface area contributed by atoms with E-state index in [0.717, 1.165) is 51.1 Å². The number of hydrogen-bond acceptors (Lipinski definition) is 5. The third kappa shape index (κ3) is 6.57. The Morgan fingerprint density at radius 2 is 1.76 bits per heavy atom. The van der Waals surface area contributed by atoms with Crippen molar-refractivity contribution in [1.82, 2.24) is 24.8 Å². The Hall–Kier alpha value is -2.45. The minimum Gasteiger partial charge on any atom is -0.343 e. The van der Waals surface area contributed by atoms with E-state index < -0.39 is 0 Å². The van der Waals surface area contributed by atoms with E-state index in [2.05, 4.69) is 15.1 Å². The number of benzene rings is 1. The molecule has 0 aliphatic carbocycles. The molecule has 3 heterocycles. The average Bonchev–Trinajstić information content (AvgIpc) is 3.35. The molecule has 2 amide bonds. The zero-order chi connectivity index (χ0) is 23.9. The Kier molecular flexibility index (Phi) is 8.56. The Bertz CT molecular complexity index is 937. The molecule has 2 aliphatic rings. The number of carbonyl (C=O) groups excluding carboxylic acids is 2. The first-order valence-corrected chi connectivity index (χ1v) is 12.8. The zero-order valence-corrected chi connectivity index (χ0v) is 20.7. The lowest BCUT2D eigenvalue weighted by Gasteiger charge is -2.35. The SMILES string of the molecule is CC(=O)N1CCC(C(=O)N(CCCN2CCC(Cn3nccn3)CC2)c2cccc(Cl)c2)CC1. The standard InChI is InChI=1S/C25H35ClN6O2/c1-20(33)30-16-8-22(9-17-30)25(34)31(24-5-2-4-23(26)18-24)13-3-12-29-14-6-21(7-15-29)19-32-27-10-11-28-32/h2,4-5,10-11,18,21-22H,3,6-9,12-17,19H2,1H3. The minimum atomic E-state index is -0.0544. The van der Waals surface area contributed by atoms with Gasteiger partial charge in [-0.2, -0.15) is 15.0 Å². The van der Waals surface area contributed by atoms with Crippen LogP contribution in [0.2, 0.25) is 5.02 Å². The van der Waals surface area contributed by atoms with Gasteiger partial charge >= 0.3 is 0 Å². The molecule has 0 radical (unpaired) electrons. The van der Waals surface area contributed by atoms with Crippen LogP contribution in [0.3, 0.4) is 0 Å². The first-order valence-electron chi connectivity index (χ1n) is 12.4. The number of hydrogen-bond donors (Lipinski definition) is 0. The van der Waals surface area contributed by atoms with Gasteiger partial charge in [0.25, 0.3) is 0 Å². The van der Waals surface area contributed by atoms with E-state index in [1.54, 1.807) is 24.1 Å². The molecule has 0 saturated carbocycles. The monoisotopic (exact) mass is 486 g/mol. The highest BCUT2D eigenvalue weighted by Gasteiger charge is 2.30. The zero-order valence-electron chi connectivity index (χ0n) is 20.0. The Labute approximate surface area is 206 Å². The second-order valence-electron chi connectivity index (χ2n) is 9.47. The van der Waals surface area contributed by atoms with Crippen LogP contribution in [0.25, 0.3) is 0 Å². The summed E-state index contributed by atoms with van der Waals surface area (Å²) in [5.74, 6) is 0.799. The van der Waals surface area contributed by atoms with Gasteiger partial charge in [-0.25, -0.2) is 0 Å². The van der Waals surface area contributed by atoms with Crippen molar-refractivity contribution >= 4 is 29.1 Å². The first kappa shape index (κ1) is 24.7. The highest BCUT2D eigenvalue weighted by atomic mass is 35.5. The van der Waals surface area contributed by atoms with Gasteiger partial charge < -0.3 is 14.7 Å². The summed E-state index contributed by atoms with van der Waals surface area (Å²) in [6.07, 6.45) is 8.10. The number of rotatable bonds is 8. The second-order valence-corrected chi connectivity index (χ2v) is 9.91. The van der Waals surface area contributed by atoms with E-state index in [4.69, 9.17) is 11.6 Å². The van der Waals surface area contributed by atoms with Crippen LogP contribution in [0.1, 0.15) is 39.0 Å². The molecule has 0 atom stereocenters. The molecule has 0 spiro atoms. The van der Waals surface area contributed by atoms with Crippen molar-refractivity contribution in [3.63, 3.8) is 0 Å². The van der Waals surface area contributed by atoms with Crippen molar-refractivity contribution < 1.29 is 9.59 Å². The Morgan fingerprint density at radius 1 is 1.06 bits per heavy atom. The topological polar surface area (TPSA) is 74.6 Å². The molecule has 2 saturated heterocycles. The van der Waals surface area contributed by atoms with Crippen LogP contribution in [0.15, 0.2) is 36.7 Å². The number of nitrogens with zero attached hydrogens (tertiary/aromatic N) is 6. The summed E-state index contributed by atoms with van der Waals surface area (Å²) in [6.45, 7) is 7.57. The predicted octanol–water partition coefficient (Wildman–Crippen LogP) is 3.33. The fourth-order valence-electron chi connectivity index (χ4n) is 5.09. The van der Waals surface area contributed by atoms with Gasteiger partial charge in [-0.15, -0.1) is 0 Å². The number of amides is 2. The fraction of sp³-hybridized carbons (Fsp3) is 0.600. The molecule has 0 bridgehead atoms. The summed E-state index contributed by atoms with van der Waals surface area (Å²) in [7, 11) is 0. The lowest BCUT2D eigenvalue weighted by molar-refractivity contribution is -0.133. The van der Waals surface area contributed by atoms with E-state index in [-0.39, 0.29) is 17.7 Å². The van der Waals surface area contributed by atoms with Gasteiger partial charge in [-0.05, 0) is 75.9 Å². The Morgan fingerprint density at radius 3 is 2.41 bits per heavy atom. The Balaban J connectivity index is 1.30. The van der Waals surface area contributed by atoms with E-state index >= 15 is 0 Å². The first-order chi connectivity index (χ1) is 16.5. The number of likely N-dealkylation sites (tertiary alicyclic amines) is 2. The highest BCUT2D eigenvalue weighted by molar-refractivity contribution is 6.30. The van der Waals surface area contributed by atoms with Gasteiger partial charge in [0.2, 0.25) is 11.8 Å². The molecule has 34 heavy (non-hydrogen) atoms. The molecule has 2 aliphatic heterocycles. The molecule has 1 aromatic heterocycles. The van der Waals surface area contributed by atoms with Crippen LogP contribution in [-0.4, -0.2) is 75.9 Å². The molecule has 0 unspecified atom stereocenters. The van der Waals surface area contributed by atoms with Gasteiger partial charge in [0.1, 0.15) is 0 Å². The van der Waals surface area contributed by atoms with Gasteiger partial charge in [-0.1, -0.05) is 17.7 Å². The molecule has 2 fully saturated rings. The minimum absolute atomic E-state index is 0.0544. The lowest BCUT2D eigenvalue weighted by Crippen LogP contribution is -2.45. The smallest absolute Gasteiger partial charge is 0.230 e. The van der Waals surface area contributed by atoms with Gasteiger partial charge in [-0.3, -0.25) is 9.59 Å². The quantitative estimate of drug-likeness (QED) is 0.572. The highest BCUT2D eigenvalue weighted by Crippen LogP contribution is 2.26. The van der Waals surface area contributed by atoms with Gasteiger partial charge in [0.05, 0.1) is 18.9 Å². The van der Waals surface area contributed by atoms with Crippen LogP contribution in [0, 0.1) is 11.8 Å². The molecule has 0 N–H and O–H groups in total. The predicted molar refractivity (Wildman–Crippen MR) is 133 cm³/mol. The van der Waals surface area contributed by atoms with Crippen molar-refractivity contribution in [2.75, 3.05) is 44.2 Å². The summed E-state index contributed by atoms with van der Waals surface area (Å²) in [5.41, 5.74) is 0.858. The number of aromatic nitrogens is 3. The molecular formula is C25H35ClN6O2. The maximum atomic E-state index is 13.5. The second kappa shape index (κ2) is 11.8. The third-order valence-electron chi connectivity index (χ3n) is 7.13. The van der Waals surface area contributed by atoms with Crippen molar-refractivity contribution in [2.45, 2.75) is 45.6 Å². The third-order valence-corrected chi connectivity index (χ3v) is 7.36. The van der Waals surface area contributed by atoms with Crippen molar-refractivity contribution in [3.8, 4) is 0 Å². The van der Waals surface area contributed by atoms with E-state index in [0.29, 0.717) is 43.4 Å². The molecule has 4 rings (SSSR count). The number of halogens is 1. The molecule has 1 aromatic carbocycles. The van der Waals surface area contributed by atoms with E-state index in [9.17, 15) is 9.59 Å². The summed E-state index contributed by atoms with van der Waals surface area (Å²) in [4.78, 5) is 33.2. The van der Waals surface area contributed by atoms with Crippen LogP contribution >= 0.6 is 11.6 Å². The normalized spacial score (nSPS) is 18.2. The number of carbonyl (C=O) groups is 2. The van der Waals surface area contributed by atoms with Crippen LogP contribution in [-0.2, 0) is 16.1 Å². The molecule has 8 nitrogen and oxygen atoms in total. The van der Waals surface area contributed by atoms with Crippen LogP contribution in [0.4, 0.5) is 5.69 Å². The summed E-state index contributed by atoms with van der Waals surface area (Å²) >= 11 is 6.25. The van der Waals surface area contributed by atoms with Crippen molar-refractivity contribution in [1.29, 1.82) is 0 Å². The maximum Gasteiger partial charge on any atom is 0.230 e. The maximum absolute atomic E-state index is 13.5. The molecular weight excluding hydrogens is 452 g/mol. The average molecular weight is 487 g/mol. The lowest BCUT2D eigenvalue weighted by atomic mass is 9.94. The van der Waals surface area contributed by atoms with Crippen LogP contribution in [0.5, 0.6) is 0 Å². The number of piperidine rings is 2. The molecule has 184 valence electrons. The van der Waals surface area contributed by atoms with Crippen LogP contribution < -0.4 is 4.90 Å². The summed E-state index contributed by atoms with van der Waals surface area (Å²) < 4.78 is 0. The summed E-state index contributed by atoms with van der Waals surface area (Å²) in [5, 5.41) is 9.09. The fourth-order valence-corrected chi connectivity index (χ4v) is 5.27. The van der Waals surface area contributed by atoms with E-state index in [1.165, 1.54) is 0 Å². The van der Waals surface area contributed by atoms with Crippen molar-refractivity contribution in [3.05, 3.63) is 41.7 Å². The molecule has 9 heteroatoms. The van der Waals surface area contributed by atoms with Gasteiger partial charge in [0.15, 0.2) is 0 Å². The molecule has 2 aromatic rings. The summed E-state index contributed by atoms with van der Waals surface area (Å²) in [6, 6.07) is 7.57. The number of anilines is 1.